The van der Waals surface area contributed by atoms with Gasteiger partial charge < -0.3 is 14.5 Å². The average Bonchev–Trinajstić information content (AvgIpc) is 3.15. The van der Waals surface area contributed by atoms with Gasteiger partial charge in [0.1, 0.15) is 6.04 Å². The number of quaternary nitrogens is 1. The highest BCUT2D eigenvalue weighted by atomic mass is 16.5. The van der Waals surface area contributed by atoms with Gasteiger partial charge in [-0.3, -0.25) is 4.79 Å². The van der Waals surface area contributed by atoms with Crippen LogP contribution in [0, 0.1) is 11.3 Å². The topological polar surface area (TPSA) is 38.3 Å². The van der Waals surface area contributed by atoms with Crippen molar-refractivity contribution in [3.8, 4) is 0 Å². The summed E-state index contributed by atoms with van der Waals surface area (Å²) in [6.07, 6.45) is 7.19. The lowest BCUT2D eigenvalue weighted by atomic mass is 9.38. The third-order valence-electron chi connectivity index (χ3n) is 9.30. The lowest BCUT2D eigenvalue weighted by molar-refractivity contribution is -0.939. The third-order valence-corrected chi connectivity index (χ3v) is 9.30. The van der Waals surface area contributed by atoms with Gasteiger partial charge in [-0.15, -0.1) is 0 Å². The Hall–Kier alpha value is -1.55. The highest BCUT2D eigenvalue weighted by Gasteiger charge is 2.83. The van der Waals surface area contributed by atoms with Crippen molar-refractivity contribution in [2.24, 2.45) is 11.3 Å². The standard InChI is InChI=1S/C22H29N2O2/c1-24-12-5-8-20-9-10-22(16(14-20)18(25)26-2)21(11-13-24,19(20)24)15-6-3-4-7-17(15)23-22/h3-4,6-7,16,19,23H,5,8-14H2,1-2H3/q+1/t16-,19-,20-,21-,22-,24?/m1/s1. The molecule has 1 aromatic carbocycles. The molecular formula is C22H29N2O2+. The summed E-state index contributed by atoms with van der Waals surface area (Å²) < 4.78 is 6.58. The number of fused-ring (bicyclic) bond motifs is 3. The van der Waals surface area contributed by atoms with Crippen molar-refractivity contribution in [3.63, 3.8) is 0 Å². The monoisotopic (exact) mass is 353 g/mol. The second-order valence-corrected chi connectivity index (χ2v) is 9.94. The molecule has 138 valence electrons. The van der Waals surface area contributed by atoms with E-state index in [9.17, 15) is 4.79 Å². The normalized spacial score (nSPS) is 49.8. The predicted octanol–water partition coefficient (Wildman–Crippen LogP) is 3.07. The molecule has 3 aliphatic carbocycles. The summed E-state index contributed by atoms with van der Waals surface area (Å²) in [5.41, 5.74) is 3.02. The molecule has 0 radical (unpaired) electrons. The number of carbonyl (C=O) groups excluding carboxylic acids is 1. The molecule has 1 aromatic rings. The third kappa shape index (κ3) is 1.38. The van der Waals surface area contributed by atoms with E-state index in [0.717, 1.165) is 12.8 Å². The molecule has 4 heteroatoms. The van der Waals surface area contributed by atoms with Gasteiger partial charge in [-0.2, -0.15) is 0 Å². The molecule has 1 unspecified atom stereocenters. The van der Waals surface area contributed by atoms with Crippen LogP contribution in [0.25, 0.3) is 0 Å². The van der Waals surface area contributed by atoms with Crippen molar-refractivity contribution in [3.05, 3.63) is 29.8 Å². The fraction of sp³-hybridized carbons (Fsp3) is 0.682. The van der Waals surface area contributed by atoms with Gasteiger partial charge in [0, 0.05) is 17.5 Å². The molecule has 3 spiro atoms. The van der Waals surface area contributed by atoms with Gasteiger partial charge in [0.25, 0.3) is 0 Å². The minimum atomic E-state index is -0.149. The Morgan fingerprint density at radius 2 is 2.04 bits per heavy atom. The molecule has 1 N–H and O–H groups in total. The average molecular weight is 353 g/mol. The van der Waals surface area contributed by atoms with Gasteiger partial charge in [-0.05, 0) is 43.7 Å². The van der Waals surface area contributed by atoms with Crippen LogP contribution >= 0.6 is 0 Å². The predicted molar refractivity (Wildman–Crippen MR) is 99.8 cm³/mol. The molecular weight excluding hydrogens is 324 g/mol. The number of ether oxygens (including phenoxy) is 1. The van der Waals surface area contributed by atoms with Crippen molar-refractivity contribution in [2.75, 3.05) is 32.6 Å². The quantitative estimate of drug-likeness (QED) is 0.623. The summed E-state index contributed by atoms with van der Waals surface area (Å²) in [5, 5.41) is 3.96. The molecule has 0 amide bonds. The van der Waals surface area contributed by atoms with E-state index in [4.69, 9.17) is 4.74 Å². The number of hydrogen-bond acceptors (Lipinski definition) is 3. The first-order chi connectivity index (χ1) is 12.5. The first-order valence-electron chi connectivity index (χ1n) is 10.3. The molecule has 3 heterocycles. The van der Waals surface area contributed by atoms with Crippen LogP contribution in [0.1, 0.15) is 44.1 Å². The number of rotatable bonds is 1. The van der Waals surface area contributed by atoms with Crippen LogP contribution < -0.4 is 5.32 Å². The van der Waals surface area contributed by atoms with Crippen LogP contribution in [-0.4, -0.2) is 49.3 Å². The van der Waals surface area contributed by atoms with Gasteiger partial charge >= 0.3 is 5.97 Å². The number of carbonyl (C=O) groups is 1. The lowest BCUT2D eigenvalue weighted by Crippen LogP contribution is -2.79. The van der Waals surface area contributed by atoms with E-state index in [0.29, 0.717) is 11.5 Å². The van der Waals surface area contributed by atoms with Crippen molar-refractivity contribution < 1.29 is 14.0 Å². The van der Waals surface area contributed by atoms with Crippen LogP contribution in [0.15, 0.2) is 24.3 Å². The number of nitrogens with one attached hydrogen (secondary N) is 1. The van der Waals surface area contributed by atoms with Crippen LogP contribution in [0.4, 0.5) is 5.69 Å². The minimum absolute atomic E-state index is 0.00822. The largest absolute Gasteiger partial charge is 0.469 e. The molecule has 6 atom stereocenters. The smallest absolute Gasteiger partial charge is 0.311 e. The van der Waals surface area contributed by atoms with Crippen molar-refractivity contribution in [1.82, 2.24) is 0 Å². The van der Waals surface area contributed by atoms with E-state index < -0.39 is 0 Å². The lowest BCUT2D eigenvalue weighted by Gasteiger charge is -2.68. The second kappa shape index (κ2) is 4.46. The Balaban J connectivity index is 1.67. The zero-order chi connectivity index (χ0) is 17.8. The number of esters is 1. The molecule has 0 aromatic heterocycles. The molecule has 4 nitrogen and oxygen atoms in total. The number of likely N-dealkylation sites (N-methyl/N-ethyl adjacent to an activating group) is 1. The van der Waals surface area contributed by atoms with E-state index in [2.05, 4.69) is 36.6 Å². The van der Waals surface area contributed by atoms with Gasteiger partial charge in [-0.1, -0.05) is 18.2 Å². The van der Waals surface area contributed by atoms with Crippen LogP contribution in [0.5, 0.6) is 0 Å². The summed E-state index contributed by atoms with van der Waals surface area (Å²) in [6, 6.07) is 9.56. The summed E-state index contributed by atoms with van der Waals surface area (Å²) in [6.45, 7) is 2.55. The number of benzene rings is 1. The van der Waals surface area contributed by atoms with Gasteiger partial charge in [0.05, 0.1) is 44.1 Å². The summed E-state index contributed by atoms with van der Waals surface area (Å²) in [7, 11) is 4.07. The zero-order valence-corrected chi connectivity index (χ0v) is 15.9. The fourth-order valence-corrected chi connectivity index (χ4v) is 8.79. The molecule has 7 rings (SSSR count). The van der Waals surface area contributed by atoms with Crippen LogP contribution in [-0.2, 0) is 14.9 Å². The molecule has 6 aliphatic rings. The maximum atomic E-state index is 13.0. The number of piperidine rings is 1. The molecule has 26 heavy (non-hydrogen) atoms. The van der Waals surface area contributed by atoms with E-state index in [1.807, 2.05) is 0 Å². The van der Waals surface area contributed by atoms with Gasteiger partial charge in [0.2, 0.25) is 0 Å². The Morgan fingerprint density at radius 1 is 1.19 bits per heavy atom. The molecule has 5 fully saturated rings. The van der Waals surface area contributed by atoms with Crippen molar-refractivity contribution >= 4 is 11.7 Å². The Kier molecular flexibility index (Phi) is 2.66. The van der Waals surface area contributed by atoms with Crippen LogP contribution in [0.3, 0.4) is 0 Å². The number of anilines is 1. The Bertz CT molecular complexity index is 824. The number of nitrogens with zero attached hydrogens (tertiary/aromatic N) is 1. The molecule has 2 saturated heterocycles. The van der Waals surface area contributed by atoms with Gasteiger partial charge in [-0.25, -0.2) is 0 Å². The van der Waals surface area contributed by atoms with E-state index >= 15 is 0 Å². The Morgan fingerprint density at radius 3 is 2.88 bits per heavy atom. The summed E-state index contributed by atoms with van der Waals surface area (Å²) >= 11 is 0. The zero-order valence-electron chi connectivity index (χ0n) is 15.9. The minimum Gasteiger partial charge on any atom is -0.469 e. The van der Waals surface area contributed by atoms with Crippen molar-refractivity contribution in [1.29, 1.82) is 0 Å². The van der Waals surface area contributed by atoms with E-state index in [1.165, 1.54) is 54.5 Å². The summed E-state index contributed by atoms with van der Waals surface area (Å²) in [4.78, 5) is 13.0. The number of methoxy groups -OCH3 is 1. The maximum absolute atomic E-state index is 13.0. The van der Waals surface area contributed by atoms with Crippen molar-refractivity contribution in [2.45, 2.75) is 55.5 Å². The SMILES string of the molecule is COC(=O)[C@H]1C[C@@]23CCC[N+]4(C)CC[C@@]5(c6ccccc6N[C@]15CC2)[C@@H]34. The molecule has 3 aliphatic heterocycles. The maximum Gasteiger partial charge on any atom is 0.311 e. The fourth-order valence-electron chi connectivity index (χ4n) is 8.79. The summed E-state index contributed by atoms with van der Waals surface area (Å²) in [5.74, 6) is -0.0107. The highest BCUT2D eigenvalue weighted by molar-refractivity contribution is 5.80. The number of para-hydroxylation sites is 1. The number of hydrogen-bond donors (Lipinski definition) is 1. The second-order valence-electron chi connectivity index (χ2n) is 9.94. The first-order valence-corrected chi connectivity index (χ1v) is 10.3. The first kappa shape index (κ1) is 15.5. The van der Waals surface area contributed by atoms with Gasteiger partial charge in [0.15, 0.2) is 0 Å². The van der Waals surface area contributed by atoms with Crippen LogP contribution in [0.2, 0.25) is 0 Å². The molecule has 2 bridgehead atoms. The van der Waals surface area contributed by atoms with E-state index in [-0.39, 0.29) is 22.8 Å². The Labute approximate surface area is 155 Å². The molecule has 3 saturated carbocycles. The van der Waals surface area contributed by atoms with E-state index in [1.54, 1.807) is 7.11 Å². The highest BCUT2D eigenvalue weighted by Crippen LogP contribution is 2.75.